The van der Waals surface area contributed by atoms with Crippen LogP contribution in [0.4, 0.5) is 0 Å². The van der Waals surface area contributed by atoms with Gasteiger partial charge in [0.2, 0.25) is 5.89 Å². The van der Waals surface area contributed by atoms with Crippen LogP contribution >= 0.6 is 35.0 Å². The lowest BCUT2D eigenvalue weighted by Gasteiger charge is -2.22. The zero-order chi connectivity index (χ0) is 15.2. The largest absolute Gasteiger partial charge is 0.483 e. The van der Waals surface area contributed by atoms with E-state index in [-0.39, 0.29) is 6.47 Å². The van der Waals surface area contributed by atoms with Crippen molar-refractivity contribution in [1.82, 2.24) is 10.2 Å². The van der Waals surface area contributed by atoms with Crippen molar-refractivity contribution in [3.63, 3.8) is 0 Å². The Kier molecular flexibility index (Phi) is 5.90. The van der Waals surface area contributed by atoms with Gasteiger partial charge in [-0.2, -0.15) is 0 Å². The lowest BCUT2D eigenvalue weighted by molar-refractivity contribution is -0.122. The molecular weight excluding hydrogens is 335 g/mol. The SMILES string of the molecule is Clc1ccc(-c2nnc(SC3CCC3)o2)c(Cl)c1.O=CO. The fourth-order valence-corrected chi connectivity index (χ4v) is 3.22. The van der Waals surface area contributed by atoms with Gasteiger partial charge in [-0.1, -0.05) is 41.4 Å². The van der Waals surface area contributed by atoms with E-state index in [1.165, 1.54) is 19.3 Å². The van der Waals surface area contributed by atoms with Gasteiger partial charge in [-0.3, -0.25) is 4.79 Å². The minimum absolute atomic E-state index is 0.250. The van der Waals surface area contributed by atoms with Crippen molar-refractivity contribution in [2.45, 2.75) is 29.7 Å². The van der Waals surface area contributed by atoms with Crippen LogP contribution in [-0.2, 0) is 4.79 Å². The Bertz CT molecular complexity index is 617. The number of carboxylic acid groups (broad SMARTS) is 1. The highest BCUT2D eigenvalue weighted by Gasteiger charge is 2.22. The molecule has 0 bridgehead atoms. The second-order valence-electron chi connectivity index (χ2n) is 4.27. The molecule has 1 N–H and O–H groups in total. The van der Waals surface area contributed by atoms with Gasteiger partial charge in [0, 0.05) is 10.3 Å². The second-order valence-corrected chi connectivity index (χ2v) is 6.37. The number of aromatic nitrogens is 2. The van der Waals surface area contributed by atoms with Crippen LogP contribution in [0.3, 0.4) is 0 Å². The first kappa shape index (κ1) is 16.1. The molecule has 21 heavy (non-hydrogen) atoms. The first-order chi connectivity index (χ1) is 10.1. The zero-order valence-electron chi connectivity index (χ0n) is 10.8. The summed E-state index contributed by atoms with van der Waals surface area (Å²) in [5.74, 6) is 0.443. The molecule has 3 rings (SSSR count). The smallest absolute Gasteiger partial charge is 0.290 e. The van der Waals surface area contributed by atoms with Crippen LogP contribution in [0.2, 0.25) is 10.0 Å². The number of hydrogen-bond acceptors (Lipinski definition) is 5. The Balaban J connectivity index is 0.000000497. The van der Waals surface area contributed by atoms with Crippen molar-refractivity contribution in [3.05, 3.63) is 28.2 Å². The molecule has 0 aliphatic heterocycles. The third kappa shape index (κ3) is 4.36. The highest BCUT2D eigenvalue weighted by Crippen LogP contribution is 2.37. The number of halogens is 2. The molecular formula is C13H12Cl2N2O3S. The lowest BCUT2D eigenvalue weighted by atomic mass is 10.0. The van der Waals surface area contributed by atoms with Gasteiger partial charge in [-0.25, -0.2) is 0 Å². The average Bonchev–Trinajstić information content (AvgIpc) is 2.83. The fourth-order valence-electron chi connectivity index (χ4n) is 1.66. The molecule has 1 fully saturated rings. The van der Waals surface area contributed by atoms with Crippen molar-refractivity contribution in [2.24, 2.45) is 0 Å². The van der Waals surface area contributed by atoms with Gasteiger partial charge in [0.1, 0.15) is 0 Å². The maximum atomic E-state index is 8.36. The fraction of sp³-hybridized carbons (Fsp3) is 0.308. The minimum Gasteiger partial charge on any atom is -0.483 e. The number of hydrogen-bond donors (Lipinski definition) is 1. The quantitative estimate of drug-likeness (QED) is 0.830. The van der Waals surface area contributed by atoms with E-state index < -0.39 is 0 Å². The number of carbonyl (C=O) groups is 1. The first-order valence-electron chi connectivity index (χ1n) is 6.17. The maximum Gasteiger partial charge on any atom is 0.290 e. The number of thioether (sulfide) groups is 1. The van der Waals surface area contributed by atoms with Gasteiger partial charge in [0.05, 0.1) is 10.6 Å². The van der Waals surface area contributed by atoms with Crippen LogP contribution in [0, 0.1) is 0 Å². The summed E-state index contributed by atoms with van der Waals surface area (Å²) < 4.78 is 5.61. The predicted molar refractivity (Wildman–Crippen MR) is 81.9 cm³/mol. The van der Waals surface area contributed by atoms with E-state index in [1.54, 1.807) is 30.0 Å². The summed E-state index contributed by atoms with van der Waals surface area (Å²) in [6.45, 7) is -0.250. The summed E-state index contributed by atoms with van der Waals surface area (Å²) in [7, 11) is 0. The minimum atomic E-state index is -0.250. The Morgan fingerprint density at radius 1 is 1.33 bits per heavy atom. The van der Waals surface area contributed by atoms with E-state index in [2.05, 4.69) is 10.2 Å². The molecule has 8 heteroatoms. The number of nitrogens with zero attached hydrogens (tertiary/aromatic N) is 2. The standard InChI is InChI=1S/C12H10Cl2N2OS.CH2O2/c13-7-4-5-9(10(14)6-7)11-15-16-12(17-11)18-8-2-1-3-8;2-1-3/h4-6,8H,1-3H2;1H,(H,2,3). The zero-order valence-corrected chi connectivity index (χ0v) is 13.2. The van der Waals surface area contributed by atoms with E-state index in [0.29, 0.717) is 32.0 Å². The third-order valence-corrected chi connectivity index (χ3v) is 4.61. The molecule has 1 aliphatic rings. The van der Waals surface area contributed by atoms with Gasteiger partial charge >= 0.3 is 0 Å². The molecule has 1 aromatic carbocycles. The molecule has 0 atom stereocenters. The maximum absolute atomic E-state index is 8.36. The van der Waals surface area contributed by atoms with E-state index in [9.17, 15) is 0 Å². The molecule has 0 amide bonds. The number of benzene rings is 1. The van der Waals surface area contributed by atoms with Gasteiger partial charge < -0.3 is 9.52 Å². The second kappa shape index (κ2) is 7.68. The Hall–Kier alpha value is -1.24. The lowest BCUT2D eigenvalue weighted by Crippen LogP contribution is -2.12. The summed E-state index contributed by atoms with van der Waals surface area (Å²) in [6, 6.07) is 5.21. The molecule has 0 radical (unpaired) electrons. The predicted octanol–water partition coefficient (Wildman–Crippen LogP) is 4.39. The topological polar surface area (TPSA) is 76.2 Å². The Morgan fingerprint density at radius 2 is 2.05 bits per heavy atom. The van der Waals surface area contributed by atoms with E-state index in [1.807, 2.05) is 0 Å². The van der Waals surface area contributed by atoms with Crippen LogP contribution in [0.5, 0.6) is 0 Å². The highest BCUT2D eigenvalue weighted by molar-refractivity contribution is 7.99. The first-order valence-corrected chi connectivity index (χ1v) is 7.81. The van der Waals surface area contributed by atoms with Crippen molar-refractivity contribution < 1.29 is 14.3 Å². The van der Waals surface area contributed by atoms with Crippen molar-refractivity contribution in [1.29, 1.82) is 0 Å². The monoisotopic (exact) mass is 346 g/mol. The van der Waals surface area contributed by atoms with Gasteiger partial charge in [-0.15, -0.1) is 10.2 Å². The van der Waals surface area contributed by atoms with Crippen molar-refractivity contribution in [3.8, 4) is 11.5 Å². The molecule has 1 saturated carbocycles. The Labute approximate surface area is 135 Å². The normalized spacial score (nSPS) is 14.0. The molecule has 1 aliphatic carbocycles. The molecule has 112 valence electrons. The van der Waals surface area contributed by atoms with Gasteiger partial charge in [0.15, 0.2) is 0 Å². The molecule has 0 spiro atoms. The van der Waals surface area contributed by atoms with Crippen molar-refractivity contribution >= 4 is 41.4 Å². The van der Waals surface area contributed by atoms with Crippen molar-refractivity contribution in [2.75, 3.05) is 0 Å². The van der Waals surface area contributed by atoms with Gasteiger partial charge in [-0.05, 0) is 31.0 Å². The molecule has 2 aromatic rings. The summed E-state index contributed by atoms with van der Waals surface area (Å²) in [4.78, 5) is 8.36. The summed E-state index contributed by atoms with van der Waals surface area (Å²) in [5.41, 5.74) is 0.717. The highest BCUT2D eigenvalue weighted by atomic mass is 35.5. The molecule has 1 heterocycles. The Morgan fingerprint density at radius 3 is 2.62 bits per heavy atom. The third-order valence-electron chi connectivity index (χ3n) is 2.89. The molecule has 0 saturated heterocycles. The van der Waals surface area contributed by atoms with E-state index >= 15 is 0 Å². The average molecular weight is 347 g/mol. The van der Waals surface area contributed by atoms with Crippen LogP contribution in [0.15, 0.2) is 27.8 Å². The van der Waals surface area contributed by atoms with Crippen LogP contribution in [-0.4, -0.2) is 27.0 Å². The van der Waals surface area contributed by atoms with E-state index in [0.717, 1.165) is 0 Å². The molecule has 5 nitrogen and oxygen atoms in total. The summed E-state index contributed by atoms with van der Waals surface area (Å²) >= 11 is 13.6. The van der Waals surface area contributed by atoms with Crippen LogP contribution in [0.25, 0.3) is 11.5 Å². The van der Waals surface area contributed by atoms with Crippen LogP contribution < -0.4 is 0 Å². The van der Waals surface area contributed by atoms with E-state index in [4.69, 9.17) is 37.5 Å². The van der Waals surface area contributed by atoms with Gasteiger partial charge in [0.25, 0.3) is 11.7 Å². The molecule has 0 unspecified atom stereocenters. The summed E-state index contributed by atoms with van der Waals surface area (Å²) in [6.07, 6.45) is 3.75. The molecule has 1 aromatic heterocycles. The number of rotatable bonds is 3. The van der Waals surface area contributed by atoms with Crippen LogP contribution in [0.1, 0.15) is 19.3 Å². The summed E-state index contributed by atoms with van der Waals surface area (Å²) in [5, 5.41) is 17.3.